The van der Waals surface area contributed by atoms with Gasteiger partial charge in [0, 0.05) is 12.1 Å². The summed E-state index contributed by atoms with van der Waals surface area (Å²) in [4.78, 5) is 15.7. The van der Waals surface area contributed by atoms with E-state index in [1.807, 2.05) is 6.92 Å². The molecule has 1 aromatic carbocycles. The van der Waals surface area contributed by atoms with Crippen molar-refractivity contribution in [2.75, 3.05) is 5.32 Å². The van der Waals surface area contributed by atoms with Gasteiger partial charge in [-0.3, -0.25) is 9.89 Å². The van der Waals surface area contributed by atoms with Gasteiger partial charge in [0.05, 0.1) is 0 Å². The molecule has 2 rings (SSSR count). The SMILES string of the molecule is CCc1nc(C(=O)Nc2cccc(F)c2)n[nH]1. The van der Waals surface area contributed by atoms with Crippen LogP contribution in [0.4, 0.5) is 10.1 Å². The Labute approximate surface area is 97.1 Å². The lowest BCUT2D eigenvalue weighted by Gasteiger charge is -2.01. The summed E-state index contributed by atoms with van der Waals surface area (Å²) in [6, 6.07) is 5.64. The van der Waals surface area contributed by atoms with Crippen LogP contribution in [0.25, 0.3) is 0 Å². The summed E-state index contributed by atoms with van der Waals surface area (Å²) in [6.45, 7) is 1.90. The number of rotatable bonds is 3. The van der Waals surface area contributed by atoms with Crippen molar-refractivity contribution in [1.82, 2.24) is 15.2 Å². The first-order valence-corrected chi connectivity index (χ1v) is 5.17. The van der Waals surface area contributed by atoms with Crippen molar-refractivity contribution in [2.45, 2.75) is 13.3 Å². The molecule has 1 aromatic heterocycles. The van der Waals surface area contributed by atoms with Crippen molar-refractivity contribution >= 4 is 11.6 Å². The summed E-state index contributed by atoms with van der Waals surface area (Å²) in [6.07, 6.45) is 0.667. The van der Waals surface area contributed by atoms with E-state index in [2.05, 4.69) is 20.5 Å². The van der Waals surface area contributed by atoms with Gasteiger partial charge in [-0.15, -0.1) is 5.10 Å². The van der Waals surface area contributed by atoms with Crippen LogP contribution in [0.5, 0.6) is 0 Å². The highest BCUT2D eigenvalue weighted by atomic mass is 19.1. The van der Waals surface area contributed by atoms with Gasteiger partial charge < -0.3 is 5.32 Å². The van der Waals surface area contributed by atoms with Crippen molar-refractivity contribution < 1.29 is 9.18 Å². The van der Waals surface area contributed by atoms with Crippen LogP contribution in [0.2, 0.25) is 0 Å². The number of nitrogens with one attached hydrogen (secondary N) is 2. The molecule has 5 nitrogen and oxygen atoms in total. The Balaban J connectivity index is 2.11. The number of nitrogens with zero attached hydrogens (tertiary/aromatic N) is 2. The van der Waals surface area contributed by atoms with Crippen molar-refractivity contribution in [2.24, 2.45) is 0 Å². The highest BCUT2D eigenvalue weighted by molar-refractivity contribution is 6.01. The smallest absolute Gasteiger partial charge is 0.295 e. The molecule has 0 aliphatic rings. The second-order valence-corrected chi connectivity index (χ2v) is 3.42. The monoisotopic (exact) mass is 234 g/mol. The summed E-state index contributed by atoms with van der Waals surface area (Å²) >= 11 is 0. The van der Waals surface area contributed by atoms with E-state index >= 15 is 0 Å². The van der Waals surface area contributed by atoms with Crippen molar-refractivity contribution in [3.8, 4) is 0 Å². The third-order valence-corrected chi connectivity index (χ3v) is 2.15. The number of amides is 1. The number of aromatic nitrogens is 3. The number of carbonyl (C=O) groups excluding carboxylic acids is 1. The Kier molecular flexibility index (Phi) is 3.13. The summed E-state index contributed by atoms with van der Waals surface area (Å²) in [5, 5.41) is 8.91. The molecular formula is C11H11FN4O. The van der Waals surface area contributed by atoms with Gasteiger partial charge in [-0.05, 0) is 18.2 Å². The zero-order valence-corrected chi connectivity index (χ0v) is 9.20. The topological polar surface area (TPSA) is 70.7 Å². The van der Waals surface area contributed by atoms with Crippen LogP contribution in [-0.2, 0) is 6.42 Å². The van der Waals surface area contributed by atoms with Gasteiger partial charge in [-0.2, -0.15) is 0 Å². The molecule has 0 saturated heterocycles. The number of benzene rings is 1. The van der Waals surface area contributed by atoms with Gasteiger partial charge in [0.2, 0.25) is 5.82 Å². The maximum atomic E-state index is 12.9. The molecule has 88 valence electrons. The molecule has 0 radical (unpaired) electrons. The highest BCUT2D eigenvalue weighted by Crippen LogP contribution is 2.09. The molecular weight excluding hydrogens is 223 g/mol. The maximum Gasteiger partial charge on any atom is 0.295 e. The predicted molar refractivity (Wildman–Crippen MR) is 60.1 cm³/mol. The molecule has 0 aliphatic heterocycles. The Morgan fingerprint density at radius 2 is 2.35 bits per heavy atom. The van der Waals surface area contributed by atoms with Crippen molar-refractivity contribution in [1.29, 1.82) is 0 Å². The maximum absolute atomic E-state index is 12.9. The third-order valence-electron chi connectivity index (χ3n) is 2.15. The molecule has 0 atom stereocenters. The first-order valence-electron chi connectivity index (χ1n) is 5.17. The number of carbonyl (C=O) groups is 1. The molecule has 0 aliphatic carbocycles. The molecule has 17 heavy (non-hydrogen) atoms. The van der Waals surface area contributed by atoms with Gasteiger partial charge in [-0.25, -0.2) is 9.37 Å². The lowest BCUT2D eigenvalue weighted by atomic mass is 10.3. The van der Waals surface area contributed by atoms with Crippen LogP contribution >= 0.6 is 0 Å². The third kappa shape index (κ3) is 2.66. The number of aryl methyl sites for hydroxylation is 1. The standard InChI is InChI=1S/C11H11FN4O/c1-2-9-14-10(16-15-9)11(17)13-8-5-3-4-7(12)6-8/h3-6H,2H2,1H3,(H,13,17)(H,14,15,16). The Morgan fingerprint density at radius 1 is 1.53 bits per heavy atom. The van der Waals surface area contributed by atoms with E-state index in [-0.39, 0.29) is 5.82 Å². The molecule has 1 heterocycles. The van der Waals surface area contributed by atoms with Gasteiger partial charge in [0.1, 0.15) is 11.6 Å². The molecule has 0 unspecified atom stereocenters. The second kappa shape index (κ2) is 4.73. The first-order chi connectivity index (χ1) is 8.19. The molecule has 2 N–H and O–H groups in total. The normalized spacial score (nSPS) is 10.2. The van der Waals surface area contributed by atoms with Crippen LogP contribution in [0, 0.1) is 5.82 Å². The fourth-order valence-electron chi connectivity index (χ4n) is 1.31. The van der Waals surface area contributed by atoms with E-state index in [0.29, 0.717) is 17.9 Å². The summed E-state index contributed by atoms with van der Waals surface area (Å²) < 4.78 is 12.9. The fraction of sp³-hybridized carbons (Fsp3) is 0.182. The molecule has 0 spiro atoms. The number of hydrogen-bond acceptors (Lipinski definition) is 3. The molecule has 0 fully saturated rings. The number of aromatic amines is 1. The minimum atomic E-state index is -0.466. The lowest BCUT2D eigenvalue weighted by molar-refractivity contribution is 0.101. The molecule has 0 bridgehead atoms. The molecule has 6 heteroatoms. The van der Waals surface area contributed by atoms with E-state index in [9.17, 15) is 9.18 Å². The fourth-order valence-corrected chi connectivity index (χ4v) is 1.31. The van der Waals surface area contributed by atoms with Gasteiger partial charge in [0.25, 0.3) is 5.91 Å². The van der Waals surface area contributed by atoms with Crippen molar-refractivity contribution in [3.63, 3.8) is 0 Å². The van der Waals surface area contributed by atoms with Crippen LogP contribution in [0.15, 0.2) is 24.3 Å². The molecule has 1 amide bonds. The number of H-pyrrole nitrogens is 1. The lowest BCUT2D eigenvalue weighted by Crippen LogP contribution is -2.13. The molecule has 2 aromatic rings. The number of hydrogen-bond donors (Lipinski definition) is 2. The average Bonchev–Trinajstić information content (AvgIpc) is 2.77. The van der Waals surface area contributed by atoms with E-state index in [0.717, 1.165) is 0 Å². The Hall–Kier alpha value is -2.24. The number of halogens is 1. The predicted octanol–water partition coefficient (Wildman–Crippen LogP) is 1.76. The first kappa shape index (κ1) is 11.3. The Bertz CT molecular complexity index is 538. The van der Waals surface area contributed by atoms with Crippen LogP contribution in [-0.4, -0.2) is 21.1 Å². The zero-order chi connectivity index (χ0) is 12.3. The summed E-state index contributed by atoms with van der Waals surface area (Å²) in [7, 11) is 0. The van der Waals surface area contributed by atoms with Gasteiger partial charge >= 0.3 is 0 Å². The van der Waals surface area contributed by atoms with Crippen LogP contribution in [0.1, 0.15) is 23.4 Å². The van der Waals surface area contributed by atoms with E-state index in [4.69, 9.17) is 0 Å². The minimum Gasteiger partial charge on any atom is -0.319 e. The highest BCUT2D eigenvalue weighted by Gasteiger charge is 2.12. The second-order valence-electron chi connectivity index (χ2n) is 3.42. The van der Waals surface area contributed by atoms with Gasteiger partial charge in [0.15, 0.2) is 0 Å². The summed E-state index contributed by atoms with van der Waals surface area (Å²) in [5.41, 5.74) is 0.373. The number of anilines is 1. The quantitative estimate of drug-likeness (QED) is 0.850. The van der Waals surface area contributed by atoms with Crippen LogP contribution < -0.4 is 5.32 Å². The van der Waals surface area contributed by atoms with Crippen molar-refractivity contribution in [3.05, 3.63) is 41.7 Å². The largest absolute Gasteiger partial charge is 0.319 e. The minimum absolute atomic E-state index is 0.0473. The zero-order valence-electron chi connectivity index (χ0n) is 9.20. The van der Waals surface area contributed by atoms with E-state index < -0.39 is 11.7 Å². The van der Waals surface area contributed by atoms with E-state index in [1.54, 1.807) is 6.07 Å². The van der Waals surface area contributed by atoms with Crippen LogP contribution in [0.3, 0.4) is 0 Å². The van der Waals surface area contributed by atoms with Gasteiger partial charge in [-0.1, -0.05) is 13.0 Å². The molecule has 0 saturated carbocycles. The van der Waals surface area contributed by atoms with E-state index in [1.165, 1.54) is 18.2 Å². The summed E-state index contributed by atoms with van der Waals surface area (Å²) in [5.74, 6) is -0.195. The Morgan fingerprint density at radius 3 is 3.00 bits per heavy atom. The average molecular weight is 234 g/mol.